The van der Waals surface area contributed by atoms with Crippen LogP contribution < -0.4 is 5.32 Å². The van der Waals surface area contributed by atoms with Gasteiger partial charge in [-0.2, -0.15) is 13.2 Å². The molecule has 1 aliphatic heterocycles. The van der Waals surface area contributed by atoms with E-state index in [1.54, 1.807) is 12.1 Å². The zero-order valence-electron chi connectivity index (χ0n) is 12.2. The standard InChI is InChI=1S/C16H22F3NO/c1-2-9-20-15(13-7-10-21-11-8-13)12-3-5-14(6-4-12)16(17,18)19/h3-6,13,15,20H,2,7-11H2,1H3. The van der Waals surface area contributed by atoms with Crippen molar-refractivity contribution in [3.63, 3.8) is 0 Å². The van der Waals surface area contributed by atoms with Gasteiger partial charge in [-0.15, -0.1) is 0 Å². The maximum Gasteiger partial charge on any atom is 0.416 e. The van der Waals surface area contributed by atoms with E-state index >= 15 is 0 Å². The van der Waals surface area contributed by atoms with Gasteiger partial charge >= 0.3 is 6.18 Å². The predicted molar refractivity (Wildman–Crippen MR) is 76.0 cm³/mol. The monoisotopic (exact) mass is 301 g/mol. The zero-order valence-corrected chi connectivity index (χ0v) is 12.2. The molecule has 0 bridgehead atoms. The number of halogens is 3. The Labute approximate surface area is 123 Å². The first-order valence-electron chi connectivity index (χ1n) is 7.50. The average Bonchev–Trinajstić information content (AvgIpc) is 2.48. The van der Waals surface area contributed by atoms with Crippen LogP contribution in [0.4, 0.5) is 13.2 Å². The van der Waals surface area contributed by atoms with E-state index in [1.165, 1.54) is 12.1 Å². The Hall–Kier alpha value is -1.07. The molecule has 1 heterocycles. The molecule has 1 aliphatic rings. The van der Waals surface area contributed by atoms with Crippen molar-refractivity contribution < 1.29 is 17.9 Å². The lowest BCUT2D eigenvalue weighted by molar-refractivity contribution is -0.137. The van der Waals surface area contributed by atoms with Crippen LogP contribution in [0.2, 0.25) is 0 Å². The van der Waals surface area contributed by atoms with Crippen LogP contribution in [0.5, 0.6) is 0 Å². The third-order valence-corrected chi connectivity index (χ3v) is 3.95. The van der Waals surface area contributed by atoms with E-state index in [9.17, 15) is 13.2 Å². The highest BCUT2D eigenvalue weighted by Gasteiger charge is 2.31. The first kappa shape index (κ1) is 16.3. The molecule has 1 atom stereocenters. The lowest BCUT2D eigenvalue weighted by Gasteiger charge is -2.31. The van der Waals surface area contributed by atoms with Crippen LogP contribution in [0.25, 0.3) is 0 Å². The summed E-state index contributed by atoms with van der Waals surface area (Å²) in [6.45, 7) is 4.41. The molecule has 5 heteroatoms. The SMILES string of the molecule is CCCNC(c1ccc(C(F)(F)F)cc1)C1CCOCC1. The summed E-state index contributed by atoms with van der Waals surface area (Å²) in [5.41, 5.74) is 0.343. The van der Waals surface area contributed by atoms with Gasteiger partial charge in [0.15, 0.2) is 0 Å². The van der Waals surface area contributed by atoms with E-state index in [4.69, 9.17) is 4.74 Å². The highest BCUT2D eigenvalue weighted by Crippen LogP contribution is 2.33. The molecular formula is C16H22F3NO. The van der Waals surface area contributed by atoms with Gasteiger partial charge in [0.25, 0.3) is 0 Å². The number of alkyl halides is 3. The molecule has 1 N–H and O–H groups in total. The lowest BCUT2D eigenvalue weighted by atomic mass is 9.86. The summed E-state index contributed by atoms with van der Waals surface area (Å²) in [7, 11) is 0. The predicted octanol–water partition coefficient (Wildman–Crippen LogP) is 4.17. The molecule has 1 saturated heterocycles. The van der Waals surface area contributed by atoms with E-state index in [0.29, 0.717) is 5.92 Å². The van der Waals surface area contributed by atoms with Gasteiger partial charge in [-0.25, -0.2) is 0 Å². The average molecular weight is 301 g/mol. The van der Waals surface area contributed by atoms with E-state index in [2.05, 4.69) is 12.2 Å². The summed E-state index contributed by atoms with van der Waals surface area (Å²) in [6.07, 6.45) is -1.38. The fourth-order valence-electron chi connectivity index (χ4n) is 2.79. The molecular weight excluding hydrogens is 279 g/mol. The third kappa shape index (κ3) is 4.45. The highest BCUT2D eigenvalue weighted by atomic mass is 19.4. The molecule has 1 aromatic carbocycles. The summed E-state index contributed by atoms with van der Waals surface area (Å²) < 4.78 is 43.3. The Morgan fingerprint density at radius 3 is 2.33 bits per heavy atom. The molecule has 1 fully saturated rings. The first-order chi connectivity index (χ1) is 10.0. The summed E-state index contributed by atoms with van der Waals surface area (Å²) in [4.78, 5) is 0. The first-order valence-corrected chi connectivity index (χ1v) is 7.50. The van der Waals surface area contributed by atoms with Crippen molar-refractivity contribution in [1.29, 1.82) is 0 Å². The Balaban J connectivity index is 2.15. The van der Waals surface area contributed by atoms with E-state index < -0.39 is 11.7 Å². The zero-order chi connectivity index (χ0) is 15.3. The molecule has 0 amide bonds. The van der Waals surface area contributed by atoms with Gasteiger partial charge in [-0.05, 0) is 49.4 Å². The molecule has 0 radical (unpaired) electrons. The number of nitrogens with one attached hydrogen (secondary N) is 1. The maximum absolute atomic E-state index is 12.6. The van der Waals surface area contributed by atoms with Crippen molar-refractivity contribution in [2.75, 3.05) is 19.8 Å². The smallest absolute Gasteiger partial charge is 0.381 e. The molecule has 1 unspecified atom stereocenters. The summed E-state index contributed by atoms with van der Waals surface area (Å²) in [5, 5.41) is 3.48. The van der Waals surface area contributed by atoms with Crippen molar-refractivity contribution >= 4 is 0 Å². The normalized spacial score (nSPS) is 18.7. The van der Waals surface area contributed by atoms with Crippen molar-refractivity contribution in [2.24, 2.45) is 5.92 Å². The molecule has 1 aromatic rings. The molecule has 0 aromatic heterocycles. The largest absolute Gasteiger partial charge is 0.416 e. The van der Waals surface area contributed by atoms with Crippen LogP contribution in [-0.2, 0) is 10.9 Å². The van der Waals surface area contributed by atoms with Gasteiger partial charge in [0.2, 0.25) is 0 Å². The molecule has 21 heavy (non-hydrogen) atoms. The molecule has 0 spiro atoms. The van der Waals surface area contributed by atoms with Crippen molar-refractivity contribution in [1.82, 2.24) is 5.32 Å². The van der Waals surface area contributed by atoms with Gasteiger partial charge < -0.3 is 10.1 Å². The topological polar surface area (TPSA) is 21.3 Å². The van der Waals surface area contributed by atoms with Crippen molar-refractivity contribution in [3.05, 3.63) is 35.4 Å². The molecule has 0 aliphatic carbocycles. The highest BCUT2D eigenvalue weighted by molar-refractivity contribution is 5.27. The molecule has 0 saturated carbocycles. The minimum absolute atomic E-state index is 0.108. The minimum Gasteiger partial charge on any atom is -0.381 e. The van der Waals surface area contributed by atoms with Crippen LogP contribution in [0.15, 0.2) is 24.3 Å². The number of hydrogen-bond donors (Lipinski definition) is 1. The number of ether oxygens (including phenoxy) is 1. The minimum atomic E-state index is -4.27. The van der Waals surface area contributed by atoms with Crippen LogP contribution >= 0.6 is 0 Å². The van der Waals surface area contributed by atoms with Crippen LogP contribution in [-0.4, -0.2) is 19.8 Å². The fourth-order valence-corrected chi connectivity index (χ4v) is 2.79. The van der Waals surface area contributed by atoms with Crippen LogP contribution in [0.1, 0.15) is 43.4 Å². The molecule has 2 nitrogen and oxygen atoms in total. The Kier molecular flexibility index (Phi) is 5.65. The van der Waals surface area contributed by atoms with Crippen molar-refractivity contribution in [2.45, 2.75) is 38.4 Å². The maximum atomic E-state index is 12.6. The van der Waals surface area contributed by atoms with Gasteiger partial charge in [-0.3, -0.25) is 0 Å². The fraction of sp³-hybridized carbons (Fsp3) is 0.625. The Morgan fingerprint density at radius 1 is 1.19 bits per heavy atom. The Morgan fingerprint density at radius 2 is 1.81 bits per heavy atom. The van der Waals surface area contributed by atoms with Gasteiger partial charge in [0.05, 0.1) is 5.56 Å². The second kappa shape index (κ2) is 7.27. The molecule has 118 valence electrons. The van der Waals surface area contributed by atoms with Crippen molar-refractivity contribution in [3.8, 4) is 0 Å². The molecule has 2 rings (SSSR count). The van der Waals surface area contributed by atoms with Crippen LogP contribution in [0, 0.1) is 5.92 Å². The second-order valence-corrected chi connectivity index (χ2v) is 5.50. The van der Waals surface area contributed by atoms with E-state index in [0.717, 1.165) is 44.6 Å². The van der Waals surface area contributed by atoms with Gasteiger partial charge in [0.1, 0.15) is 0 Å². The summed E-state index contributed by atoms with van der Waals surface area (Å²) >= 11 is 0. The second-order valence-electron chi connectivity index (χ2n) is 5.50. The summed E-state index contributed by atoms with van der Waals surface area (Å²) in [5.74, 6) is 0.419. The van der Waals surface area contributed by atoms with Gasteiger partial charge in [0, 0.05) is 19.3 Å². The number of benzene rings is 1. The number of rotatable bonds is 5. The third-order valence-electron chi connectivity index (χ3n) is 3.95. The van der Waals surface area contributed by atoms with Gasteiger partial charge in [-0.1, -0.05) is 19.1 Å². The lowest BCUT2D eigenvalue weighted by Crippen LogP contribution is -2.32. The number of hydrogen-bond acceptors (Lipinski definition) is 2. The quantitative estimate of drug-likeness (QED) is 0.881. The Bertz CT molecular complexity index is 424. The van der Waals surface area contributed by atoms with Crippen LogP contribution in [0.3, 0.4) is 0 Å². The van der Waals surface area contributed by atoms with E-state index in [-0.39, 0.29) is 6.04 Å². The van der Waals surface area contributed by atoms with E-state index in [1.807, 2.05) is 0 Å². The summed E-state index contributed by atoms with van der Waals surface area (Å²) in [6, 6.07) is 5.66.